The lowest BCUT2D eigenvalue weighted by molar-refractivity contribution is 0.0946. The second-order valence-corrected chi connectivity index (χ2v) is 10.9. The molecule has 0 radical (unpaired) electrons. The number of hydrogen-bond acceptors (Lipinski definition) is 6. The quantitative estimate of drug-likeness (QED) is 0.222. The molecular weight excluding hydrogens is 536 g/mol. The van der Waals surface area contributed by atoms with Gasteiger partial charge in [-0.25, -0.2) is 4.68 Å². The van der Waals surface area contributed by atoms with Crippen LogP contribution in [-0.2, 0) is 6.54 Å². The second-order valence-electron chi connectivity index (χ2n) is 10.9. The zero-order valence-electron chi connectivity index (χ0n) is 24.4. The molecule has 43 heavy (non-hydrogen) atoms. The number of aryl methyl sites for hydroxylation is 1. The molecule has 1 fully saturated rings. The van der Waals surface area contributed by atoms with Crippen molar-refractivity contribution in [1.29, 1.82) is 0 Å². The molecule has 1 aliphatic rings. The molecule has 1 saturated heterocycles. The summed E-state index contributed by atoms with van der Waals surface area (Å²) < 4.78 is 1.47. The third-order valence-electron chi connectivity index (χ3n) is 7.97. The first-order valence-corrected chi connectivity index (χ1v) is 15.0. The summed E-state index contributed by atoms with van der Waals surface area (Å²) in [7, 11) is 0. The van der Waals surface area contributed by atoms with Crippen molar-refractivity contribution >= 4 is 28.2 Å². The molecule has 0 spiro atoms. The molecule has 8 heteroatoms. The molecule has 5 aromatic rings. The number of nitrogens with zero attached hydrogens (tertiary/aromatic N) is 4. The van der Waals surface area contributed by atoms with Crippen LogP contribution < -0.4 is 16.2 Å². The number of amides is 1. The Bertz CT molecular complexity index is 1800. The monoisotopic (exact) mass is 572 g/mol. The largest absolute Gasteiger partial charge is 0.351 e. The molecule has 3 heterocycles. The fourth-order valence-corrected chi connectivity index (χ4v) is 5.65. The van der Waals surface area contributed by atoms with Gasteiger partial charge in [-0.2, -0.15) is 5.10 Å². The van der Waals surface area contributed by atoms with Crippen LogP contribution in [0, 0.1) is 0 Å². The molecule has 2 N–H and O–H groups in total. The molecule has 0 saturated carbocycles. The average Bonchev–Trinajstić information content (AvgIpc) is 3.06. The van der Waals surface area contributed by atoms with Gasteiger partial charge in [0.05, 0.1) is 11.2 Å². The van der Waals surface area contributed by atoms with E-state index in [4.69, 9.17) is 0 Å². The number of benzene rings is 3. The molecule has 6 rings (SSSR count). The number of likely N-dealkylation sites (tertiary alicyclic amines) is 1. The maximum Gasteiger partial charge on any atom is 0.290 e. The van der Waals surface area contributed by atoms with E-state index >= 15 is 0 Å². The lowest BCUT2D eigenvalue weighted by Gasteiger charge is -2.26. The van der Waals surface area contributed by atoms with E-state index in [0.29, 0.717) is 30.0 Å². The summed E-state index contributed by atoms with van der Waals surface area (Å²) in [5.74, 6) is -0.0638. The number of carbonyl (C=O) groups is 1. The highest BCUT2D eigenvalue weighted by Crippen LogP contribution is 2.29. The van der Waals surface area contributed by atoms with Crippen molar-refractivity contribution in [3.05, 3.63) is 107 Å². The molecule has 1 amide bonds. The van der Waals surface area contributed by atoms with Gasteiger partial charge in [0.15, 0.2) is 0 Å². The van der Waals surface area contributed by atoms with E-state index in [0.717, 1.165) is 52.9 Å². The summed E-state index contributed by atoms with van der Waals surface area (Å²) in [5.41, 5.74) is 6.00. The zero-order valence-corrected chi connectivity index (χ0v) is 24.4. The highest BCUT2D eigenvalue weighted by Gasteiger charge is 2.14. The fraction of sp³-hybridized carbons (Fsp3) is 0.257. The van der Waals surface area contributed by atoms with Crippen LogP contribution in [-0.4, -0.2) is 51.8 Å². The van der Waals surface area contributed by atoms with Crippen molar-refractivity contribution in [1.82, 2.24) is 25.0 Å². The van der Waals surface area contributed by atoms with Crippen LogP contribution in [0.1, 0.15) is 36.5 Å². The molecule has 3 aromatic carbocycles. The third-order valence-corrected chi connectivity index (χ3v) is 7.97. The minimum atomic E-state index is -0.192. The maximum absolute atomic E-state index is 13.3. The number of nitrogens with one attached hydrogen (secondary N) is 2. The minimum Gasteiger partial charge on any atom is -0.351 e. The van der Waals surface area contributed by atoms with Crippen LogP contribution in [0.5, 0.6) is 0 Å². The van der Waals surface area contributed by atoms with Gasteiger partial charge >= 0.3 is 0 Å². The Hall–Kier alpha value is -4.82. The summed E-state index contributed by atoms with van der Waals surface area (Å²) in [6.07, 6.45) is 5.54. The Labute approximate surface area is 251 Å². The SMILES string of the molecule is CCn1nc(-c2cccc(-c3cccc(C(=O)NCCN4CCCCC4)c3)c2)cc(Nc2cccc3ncccc23)c1=O. The number of piperidine rings is 1. The molecule has 0 atom stereocenters. The Morgan fingerprint density at radius 2 is 1.60 bits per heavy atom. The lowest BCUT2D eigenvalue weighted by atomic mass is 9.99. The fourth-order valence-electron chi connectivity index (χ4n) is 5.65. The summed E-state index contributed by atoms with van der Waals surface area (Å²) in [6.45, 7) is 6.10. The number of fused-ring (bicyclic) bond motifs is 1. The Kier molecular flexibility index (Phi) is 8.56. The summed E-state index contributed by atoms with van der Waals surface area (Å²) >= 11 is 0. The molecule has 0 unspecified atom stereocenters. The van der Waals surface area contributed by atoms with E-state index < -0.39 is 0 Å². The standard InChI is InChI=1S/C35H36N6O2/c1-2-41-35(43)33(38-31-16-8-15-30-29(31)14-9-17-36-30)24-32(39-41)27-12-6-10-25(22-27)26-11-7-13-28(23-26)34(42)37-18-21-40-19-4-3-5-20-40/h6-17,22-24,38H,2-5,18-21H2,1H3,(H,37,42). The number of carbonyl (C=O) groups excluding carboxylic acids is 1. The van der Waals surface area contributed by atoms with Gasteiger partial charge in [-0.15, -0.1) is 0 Å². The van der Waals surface area contributed by atoms with Crippen LogP contribution in [0.25, 0.3) is 33.3 Å². The van der Waals surface area contributed by atoms with Crippen molar-refractivity contribution in [3.8, 4) is 22.4 Å². The lowest BCUT2D eigenvalue weighted by Crippen LogP contribution is -2.37. The predicted octanol–water partition coefficient (Wildman–Crippen LogP) is 6.10. The summed E-state index contributed by atoms with van der Waals surface area (Å²) in [5, 5.41) is 12.0. The molecule has 8 nitrogen and oxygen atoms in total. The van der Waals surface area contributed by atoms with Crippen molar-refractivity contribution in [2.75, 3.05) is 31.5 Å². The number of hydrogen-bond donors (Lipinski definition) is 2. The first-order valence-electron chi connectivity index (χ1n) is 15.0. The van der Waals surface area contributed by atoms with Crippen molar-refractivity contribution < 1.29 is 4.79 Å². The Balaban J connectivity index is 1.24. The Morgan fingerprint density at radius 1 is 0.837 bits per heavy atom. The maximum atomic E-state index is 13.3. The van der Waals surface area contributed by atoms with Crippen molar-refractivity contribution in [2.24, 2.45) is 0 Å². The normalized spacial score (nSPS) is 13.6. The van der Waals surface area contributed by atoms with E-state index in [9.17, 15) is 9.59 Å². The predicted molar refractivity (Wildman–Crippen MR) is 173 cm³/mol. The van der Waals surface area contributed by atoms with Gasteiger partial charge in [0.2, 0.25) is 0 Å². The molecule has 218 valence electrons. The van der Waals surface area contributed by atoms with E-state index in [2.05, 4.69) is 25.6 Å². The highest BCUT2D eigenvalue weighted by atomic mass is 16.1. The van der Waals surface area contributed by atoms with Gasteiger partial charge in [0.1, 0.15) is 5.69 Å². The van der Waals surface area contributed by atoms with Gasteiger partial charge < -0.3 is 15.5 Å². The molecule has 0 aliphatic carbocycles. The first kappa shape index (κ1) is 28.3. The van der Waals surface area contributed by atoms with Crippen LogP contribution in [0.3, 0.4) is 0 Å². The Morgan fingerprint density at radius 3 is 2.44 bits per heavy atom. The first-order chi connectivity index (χ1) is 21.1. The molecule has 2 aromatic heterocycles. The molecule has 0 bridgehead atoms. The van der Waals surface area contributed by atoms with Crippen LogP contribution in [0.2, 0.25) is 0 Å². The number of pyridine rings is 1. The average molecular weight is 573 g/mol. The molecule has 1 aliphatic heterocycles. The van der Waals surface area contributed by atoms with Crippen molar-refractivity contribution in [3.63, 3.8) is 0 Å². The summed E-state index contributed by atoms with van der Waals surface area (Å²) in [4.78, 5) is 33.1. The second kappa shape index (κ2) is 13.0. The van der Waals surface area contributed by atoms with E-state index in [1.807, 2.05) is 85.8 Å². The third kappa shape index (κ3) is 6.49. The highest BCUT2D eigenvalue weighted by molar-refractivity contribution is 5.95. The van der Waals surface area contributed by atoms with E-state index in [1.54, 1.807) is 12.3 Å². The topological polar surface area (TPSA) is 92.2 Å². The van der Waals surface area contributed by atoms with Crippen molar-refractivity contribution in [2.45, 2.75) is 32.7 Å². The number of anilines is 2. The summed E-state index contributed by atoms with van der Waals surface area (Å²) in [6, 6.07) is 27.2. The zero-order chi connectivity index (χ0) is 29.6. The van der Waals surface area contributed by atoms with Gasteiger partial charge in [0.25, 0.3) is 11.5 Å². The number of aromatic nitrogens is 3. The minimum absolute atomic E-state index is 0.0638. The smallest absolute Gasteiger partial charge is 0.290 e. The van der Waals surface area contributed by atoms with Gasteiger partial charge in [-0.05, 0) is 92.5 Å². The van der Waals surface area contributed by atoms with Crippen LogP contribution in [0.15, 0.2) is 95.9 Å². The van der Waals surface area contributed by atoms with E-state index in [1.165, 1.54) is 23.9 Å². The van der Waals surface area contributed by atoms with Gasteiger partial charge in [-0.3, -0.25) is 14.6 Å². The molecular formula is C35H36N6O2. The van der Waals surface area contributed by atoms with Crippen LogP contribution in [0.4, 0.5) is 11.4 Å². The van der Waals surface area contributed by atoms with Crippen LogP contribution >= 0.6 is 0 Å². The van der Waals surface area contributed by atoms with E-state index in [-0.39, 0.29) is 11.5 Å². The number of rotatable bonds is 9. The van der Waals surface area contributed by atoms with Gasteiger partial charge in [0, 0.05) is 48.0 Å². The van der Waals surface area contributed by atoms with Gasteiger partial charge in [-0.1, -0.05) is 42.8 Å².